The highest BCUT2D eigenvalue weighted by molar-refractivity contribution is 6.01. The lowest BCUT2D eigenvalue weighted by molar-refractivity contribution is 0.0638. The number of hydrogen-bond donors (Lipinski definition) is 0. The summed E-state index contributed by atoms with van der Waals surface area (Å²) in [6.45, 7) is 7.31. The molecule has 2 aliphatic heterocycles. The van der Waals surface area contributed by atoms with Crippen LogP contribution in [0.4, 0.5) is 15.9 Å². The number of amides is 1. The normalized spacial score (nSPS) is 20.0. The van der Waals surface area contributed by atoms with Crippen LogP contribution in [0.25, 0.3) is 16.7 Å². The number of piperazine rings is 1. The van der Waals surface area contributed by atoms with Gasteiger partial charge in [-0.3, -0.25) is 14.3 Å². The van der Waals surface area contributed by atoms with Crippen molar-refractivity contribution in [3.05, 3.63) is 72.7 Å². The molecule has 184 valence electrons. The topological polar surface area (TPSA) is 70.4 Å². The van der Waals surface area contributed by atoms with Gasteiger partial charge in [0.1, 0.15) is 23.7 Å². The average Bonchev–Trinajstić information content (AvgIpc) is 3.24. The summed E-state index contributed by atoms with van der Waals surface area (Å²) in [5, 5.41) is 0.963. The largest absolute Gasteiger partial charge is 0.369 e. The lowest BCUT2D eigenvalue weighted by atomic mass is 10.1. The Kier molecular flexibility index (Phi) is 5.55. The maximum Gasteiger partial charge on any atom is 0.272 e. The van der Waals surface area contributed by atoms with Crippen molar-refractivity contribution >= 4 is 28.4 Å². The highest BCUT2D eigenvalue weighted by Crippen LogP contribution is 2.39. The van der Waals surface area contributed by atoms with Crippen molar-refractivity contribution in [1.29, 1.82) is 0 Å². The summed E-state index contributed by atoms with van der Waals surface area (Å²) in [4.78, 5) is 33.3. The van der Waals surface area contributed by atoms with Crippen LogP contribution in [0.5, 0.6) is 0 Å². The minimum absolute atomic E-state index is 0.0292. The van der Waals surface area contributed by atoms with Gasteiger partial charge in [-0.25, -0.2) is 14.4 Å². The van der Waals surface area contributed by atoms with Gasteiger partial charge in [-0.05, 0) is 50.6 Å². The molecule has 5 heterocycles. The molecular formula is C27H28FN7O. The lowest BCUT2D eigenvalue weighted by Gasteiger charge is -2.45. The summed E-state index contributed by atoms with van der Waals surface area (Å²) in [6, 6.07) is 12.0. The van der Waals surface area contributed by atoms with Crippen LogP contribution in [0.3, 0.4) is 0 Å². The average molecular weight is 486 g/mol. The van der Waals surface area contributed by atoms with E-state index in [0.29, 0.717) is 18.8 Å². The zero-order valence-corrected chi connectivity index (χ0v) is 20.4. The van der Waals surface area contributed by atoms with Gasteiger partial charge in [0.05, 0.1) is 11.1 Å². The van der Waals surface area contributed by atoms with Crippen molar-refractivity contribution in [2.45, 2.75) is 32.4 Å². The monoisotopic (exact) mass is 485 g/mol. The number of hydrogen-bond acceptors (Lipinski definition) is 6. The molecule has 0 unspecified atom stereocenters. The van der Waals surface area contributed by atoms with Crippen LogP contribution < -0.4 is 9.80 Å². The van der Waals surface area contributed by atoms with Gasteiger partial charge in [0, 0.05) is 56.3 Å². The molecule has 4 aromatic rings. The molecule has 1 aromatic carbocycles. The van der Waals surface area contributed by atoms with Crippen LogP contribution >= 0.6 is 0 Å². The Bertz CT molecular complexity index is 1420. The Morgan fingerprint density at radius 2 is 1.86 bits per heavy atom. The number of carbonyl (C=O) groups is 1. The number of pyridine rings is 1. The van der Waals surface area contributed by atoms with Gasteiger partial charge in [-0.2, -0.15) is 0 Å². The standard InChI is InChI=1S/C27H28FN7O/c1-18-15-34(27(36)22-9-3-4-10-29-22)19(2)14-33(18)25-24-23(32-11-6-12-32)16-35(26(24)31-17-30-25)21-8-5-7-20(28)13-21/h3-5,7-10,13,16-19H,6,11-12,14-15H2,1-2H3/t18-,19+/m0/s1. The Morgan fingerprint density at radius 1 is 1.00 bits per heavy atom. The molecule has 0 spiro atoms. The van der Waals surface area contributed by atoms with Crippen LogP contribution in [0.1, 0.15) is 30.8 Å². The number of anilines is 2. The molecule has 8 nitrogen and oxygen atoms in total. The first-order valence-electron chi connectivity index (χ1n) is 12.4. The summed E-state index contributed by atoms with van der Waals surface area (Å²) in [6.07, 6.45) is 6.41. The van der Waals surface area contributed by atoms with Gasteiger partial charge in [0.2, 0.25) is 0 Å². The molecule has 0 bridgehead atoms. The van der Waals surface area contributed by atoms with Crippen molar-refractivity contribution in [3.8, 4) is 5.69 Å². The number of aromatic nitrogens is 4. The highest BCUT2D eigenvalue weighted by atomic mass is 19.1. The van der Waals surface area contributed by atoms with Gasteiger partial charge < -0.3 is 14.7 Å². The second kappa shape index (κ2) is 8.89. The van der Waals surface area contributed by atoms with Crippen molar-refractivity contribution in [2.24, 2.45) is 0 Å². The van der Waals surface area contributed by atoms with Crippen molar-refractivity contribution < 1.29 is 9.18 Å². The van der Waals surface area contributed by atoms with Gasteiger partial charge in [0.15, 0.2) is 5.65 Å². The third-order valence-corrected chi connectivity index (χ3v) is 7.23. The fourth-order valence-corrected chi connectivity index (χ4v) is 5.21. The van der Waals surface area contributed by atoms with Gasteiger partial charge in [0.25, 0.3) is 5.91 Å². The second-order valence-electron chi connectivity index (χ2n) is 9.62. The molecule has 0 saturated carbocycles. The van der Waals surface area contributed by atoms with Crippen LogP contribution in [0, 0.1) is 5.82 Å². The van der Waals surface area contributed by atoms with Crippen molar-refractivity contribution in [1.82, 2.24) is 24.4 Å². The minimum atomic E-state index is -0.287. The van der Waals surface area contributed by atoms with E-state index in [9.17, 15) is 9.18 Å². The van der Waals surface area contributed by atoms with E-state index >= 15 is 0 Å². The molecule has 0 aliphatic carbocycles. The predicted molar refractivity (Wildman–Crippen MR) is 137 cm³/mol. The van der Waals surface area contributed by atoms with Crippen LogP contribution in [0.15, 0.2) is 61.2 Å². The van der Waals surface area contributed by atoms with Crippen molar-refractivity contribution in [3.63, 3.8) is 0 Å². The van der Waals surface area contributed by atoms with Gasteiger partial charge in [-0.1, -0.05) is 12.1 Å². The molecule has 2 saturated heterocycles. The molecule has 1 amide bonds. The van der Waals surface area contributed by atoms with E-state index in [4.69, 9.17) is 4.98 Å². The molecule has 0 radical (unpaired) electrons. The number of fused-ring (bicyclic) bond motifs is 1. The SMILES string of the molecule is C[C@@H]1CN(c2ncnc3c2c(N2CCC2)cn3-c2cccc(F)c2)[C@@H](C)CN1C(=O)c1ccccn1. The van der Waals surface area contributed by atoms with E-state index in [1.807, 2.05) is 33.9 Å². The van der Waals surface area contributed by atoms with Crippen molar-refractivity contribution in [2.75, 3.05) is 36.0 Å². The first-order chi connectivity index (χ1) is 17.5. The van der Waals surface area contributed by atoms with Crippen LogP contribution in [-0.4, -0.2) is 68.6 Å². The first-order valence-corrected chi connectivity index (χ1v) is 12.4. The van der Waals surface area contributed by atoms with E-state index in [1.54, 1.807) is 24.7 Å². The summed E-state index contributed by atoms with van der Waals surface area (Å²) >= 11 is 0. The number of halogens is 1. The molecule has 3 aromatic heterocycles. The maximum atomic E-state index is 14.1. The number of rotatable bonds is 4. The third-order valence-electron chi connectivity index (χ3n) is 7.23. The highest BCUT2D eigenvalue weighted by Gasteiger charge is 2.35. The van der Waals surface area contributed by atoms with E-state index < -0.39 is 0 Å². The smallest absolute Gasteiger partial charge is 0.272 e. The molecule has 6 rings (SSSR count). The van der Waals surface area contributed by atoms with E-state index in [1.165, 1.54) is 12.1 Å². The quantitative estimate of drug-likeness (QED) is 0.437. The second-order valence-corrected chi connectivity index (χ2v) is 9.62. The van der Waals surface area contributed by atoms with Gasteiger partial charge in [-0.15, -0.1) is 0 Å². The van der Waals surface area contributed by atoms with E-state index in [-0.39, 0.29) is 23.8 Å². The summed E-state index contributed by atoms with van der Waals surface area (Å²) in [5.74, 6) is 0.507. The molecule has 2 aliphatic rings. The Morgan fingerprint density at radius 3 is 2.58 bits per heavy atom. The fraction of sp³-hybridized carbons (Fsp3) is 0.333. The Labute approximate surface area is 209 Å². The number of nitrogens with zero attached hydrogens (tertiary/aromatic N) is 7. The molecule has 2 atom stereocenters. The fourth-order valence-electron chi connectivity index (χ4n) is 5.21. The van der Waals surface area contributed by atoms with E-state index in [2.05, 4.69) is 33.6 Å². The van der Waals surface area contributed by atoms with Gasteiger partial charge >= 0.3 is 0 Å². The van der Waals surface area contributed by atoms with E-state index in [0.717, 1.165) is 47.7 Å². The third kappa shape index (κ3) is 3.75. The predicted octanol–water partition coefficient (Wildman–Crippen LogP) is 3.90. The number of benzene rings is 1. The Balaban J connectivity index is 1.40. The molecule has 36 heavy (non-hydrogen) atoms. The lowest BCUT2D eigenvalue weighted by Crippen LogP contribution is -2.58. The Hall–Kier alpha value is -4.01. The summed E-state index contributed by atoms with van der Waals surface area (Å²) in [5.41, 5.74) is 2.99. The zero-order chi connectivity index (χ0) is 24.8. The molecular weight excluding hydrogens is 457 g/mol. The minimum Gasteiger partial charge on any atom is -0.369 e. The number of carbonyl (C=O) groups excluding carboxylic acids is 1. The summed E-state index contributed by atoms with van der Waals surface area (Å²) < 4.78 is 16.0. The van der Waals surface area contributed by atoms with Crippen LogP contribution in [0.2, 0.25) is 0 Å². The van der Waals surface area contributed by atoms with Crippen LogP contribution in [-0.2, 0) is 0 Å². The molecule has 2 fully saturated rings. The molecule has 0 N–H and O–H groups in total. The zero-order valence-electron chi connectivity index (χ0n) is 20.4. The summed E-state index contributed by atoms with van der Waals surface area (Å²) in [7, 11) is 0. The maximum absolute atomic E-state index is 14.1. The first kappa shape index (κ1) is 22.5. The molecule has 9 heteroatoms.